The molecule has 90 valence electrons. The van der Waals surface area contributed by atoms with Gasteiger partial charge in [0.15, 0.2) is 0 Å². The minimum atomic E-state index is -0.401. The summed E-state index contributed by atoms with van der Waals surface area (Å²) in [6, 6.07) is 6.13. The summed E-state index contributed by atoms with van der Waals surface area (Å²) in [4.78, 5) is 13.2. The minimum Gasteiger partial charge on any atom is -0.389 e. The van der Waals surface area contributed by atoms with E-state index in [9.17, 15) is 9.18 Å². The van der Waals surface area contributed by atoms with Crippen LogP contribution >= 0.6 is 0 Å². The third-order valence-electron chi connectivity index (χ3n) is 2.79. The second-order valence-corrected chi connectivity index (χ2v) is 4.23. The Kier molecular flexibility index (Phi) is 3.24. The van der Waals surface area contributed by atoms with Crippen LogP contribution in [-0.4, -0.2) is 35.1 Å². The molecule has 0 aromatic heterocycles. The van der Waals surface area contributed by atoms with Crippen molar-refractivity contribution < 1.29 is 14.3 Å². The summed E-state index contributed by atoms with van der Waals surface area (Å²) >= 11 is 0. The normalized spacial score (nSPS) is 16.9. The molecule has 1 fully saturated rings. The quantitative estimate of drug-likeness (QED) is 0.788. The Morgan fingerprint density at radius 3 is 2.82 bits per heavy atom. The number of nitrogens with zero attached hydrogens (tertiary/aromatic N) is 1. The fraction of sp³-hybridized carbons (Fsp3) is 0.308. The van der Waals surface area contributed by atoms with Crippen LogP contribution in [0, 0.1) is 5.82 Å². The van der Waals surface area contributed by atoms with E-state index < -0.39 is 6.10 Å². The van der Waals surface area contributed by atoms with E-state index in [2.05, 4.69) is 0 Å². The van der Waals surface area contributed by atoms with Gasteiger partial charge in [-0.15, -0.1) is 0 Å². The van der Waals surface area contributed by atoms with Gasteiger partial charge < -0.3 is 10.0 Å². The van der Waals surface area contributed by atoms with Crippen LogP contribution in [0.15, 0.2) is 30.3 Å². The van der Waals surface area contributed by atoms with Crippen molar-refractivity contribution in [2.75, 3.05) is 13.1 Å². The van der Waals surface area contributed by atoms with E-state index in [1.54, 1.807) is 24.0 Å². The van der Waals surface area contributed by atoms with Gasteiger partial charge in [0.2, 0.25) is 5.91 Å². The van der Waals surface area contributed by atoms with Gasteiger partial charge in [0.25, 0.3) is 0 Å². The standard InChI is InChI=1S/C13H14FNO2/c1-9(10-3-2-4-11(14)6-10)5-13(17)15-7-12(16)8-15/h2-6,12,16H,7-8H2,1H3/b9-5-. The summed E-state index contributed by atoms with van der Waals surface area (Å²) in [5, 5.41) is 9.09. The first-order chi connectivity index (χ1) is 8.06. The number of carbonyl (C=O) groups excluding carboxylic acids is 1. The molecule has 0 aliphatic carbocycles. The fourth-order valence-electron chi connectivity index (χ4n) is 1.73. The molecule has 17 heavy (non-hydrogen) atoms. The number of amides is 1. The Hall–Kier alpha value is -1.68. The number of hydrogen-bond acceptors (Lipinski definition) is 2. The van der Waals surface area contributed by atoms with Gasteiger partial charge in [-0.2, -0.15) is 0 Å². The predicted octanol–water partition coefficient (Wildman–Crippen LogP) is 1.43. The molecule has 1 N–H and O–H groups in total. The zero-order chi connectivity index (χ0) is 12.4. The van der Waals surface area contributed by atoms with Crippen LogP contribution in [0.1, 0.15) is 12.5 Å². The highest BCUT2D eigenvalue weighted by Crippen LogP contribution is 2.16. The van der Waals surface area contributed by atoms with Crippen molar-refractivity contribution in [3.8, 4) is 0 Å². The number of allylic oxidation sites excluding steroid dienone is 1. The highest BCUT2D eigenvalue weighted by molar-refractivity contribution is 5.95. The summed E-state index contributed by atoms with van der Waals surface area (Å²) in [7, 11) is 0. The maximum absolute atomic E-state index is 13.0. The number of halogens is 1. The van der Waals surface area contributed by atoms with Gasteiger partial charge in [0.1, 0.15) is 5.82 Å². The van der Waals surface area contributed by atoms with Gasteiger partial charge in [0, 0.05) is 19.2 Å². The fourth-order valence-corrected chi connectivity index (χ4v) is 1.73. The Bertz CT molecular complexity index is 464. The summed E-state index contributed by atoms with van der Waals surface area (Å²) in [6.45, 7) is 2.53. The molecule has 1 aromatic rings. The smallest absolute Gasteiger partial charge is 0.247 e. The molecule has 4 heteroatoms. The largest absolute Gasteiger partial charge is 0.389 e. The second-order valence-electron chi connectivity index (χ2n) is 4.23. The van der Waals surface area contributed by atoms with Crippen LogP contribution in [0.2, 0.25) is 0 Å². The third kappa shape index (κ3) is 2.71. The Balaban J connectivity index is 2.09. The maximum atomic E-state index is 13.0. The van der Waals surface area contributed by atoms with Crippen molar-refractivity contribution in [2.24, 2.45) is 0 Å². The highest BCUT2D eigenvalue weighted by atomic mass is 19.1. The molecule has 1 aliphatic rings. The molecule has 1 amide bonds. The van der Waals surface area contributed by atoms with Crippen LogP contribution in [0.4, 0.5) is 4.39 Å². The number of likely N-dealkylation sites (tertiary alicyclic amines) is 1. The maximum Gasteiger partial charge on any atom is 0.247 e. The lowest BCUT2D eigenvalue weighted by Gasteiger charge is -2.35. The van der Waals surface area contributed by atoms with Gasteiger partial charge in [-0.25, -0.2) is 4.39 Å². The molecular formula is C13H14FNO2. The Morgan fingerprint density at radius 2 is 2.24 bits per heavy atom. The molecule has 0 unspecified atom stereocenters. The van der Waals surface area contributed by atoms with E-state index >= 15 is 0 Å². The van der Waals surface area contributed by atoms with E-state index in [1.165, 1.54) is 18.2 Å². The summed E-state index contributed by atoms with van der Waals surface area (Å²) in [5.74, 6) is -0.459. The zero-order valence-electron chi connectivity index (χ0n) is 9.56. The number of β-amino-alcohol motifs (C(OH)–C–C–N with tert-alkyl or cyclic N) is 1. The summed E-state index contributed by atoms with van der Waals surface area (Å²) in [6.07, 6.45) is 1.07. The number of aliphatic hydroxyl groups is 1. The van der Waals surface area contributed by atoms with Crippen molar-refractivity contribution in [1.82, 2.24) is 4.90 Å². The molecule has 0 saturated carbocycles. The Labute approximate surface area is 99.2 Å². The SMILES string of the molecule is C/C(=C/C(=O)N1CC(O)C1)c1cccc(F)c1. The van der Waals surface area contributed by atoms with E-state index in [-0.39, 0.29) is 11.7 Å². The second kappa shape index (κ2) is 4.67. The van der Waals surface area contributed by atoms with Crippen molar-refractivity contribution >= 4 is 11.5 Å². The zero-order valence-corrected chi connectivity index (χ0v) is 9.56. The molecule has 1 saturated heterocycles. The first kappa shape index (κ1) is 11.8. The molecule has 1 heterocycles. The molecule has 1 aliphatic heterocycles. The van der Waals surface area contributed by atoms with Crippen LogP contribution in [-0.2, 0) is 4.79 Å². The number of rotatable bonds is 2. The van der Waals surface area contributed by atoms with Gasteiger partial charge in [-0.05, 0) is 30.2 Å². The van der Waals surface area contributed by atoms with Gasteiger partial charge in [-0.1, -0.05) is 12.1 Å². The molecule has 3 nitrogen and oxygen atoms in total. The number of hydrogen-bond donors (Lipinski definition) is 1. The molecule has 0 atom stereocenters. The Morgan fingerprint density at radius 1 is 1.53 bits per heavy atom. The van der Waals surface area contributed by atoms with Crippen molar-refractivity contribution in [2.45, 2.75) is 13.0 Å². The van der Waals surface area contributed by atoms with Crippen LogP contribution in [0.5, 0.6) is 0 Å². The average Bonchev–Trinajstić information content (AvgIpc) is 2.24. The van der Waals surface area contributed by atoms with Gasteiger partial charge in [-0.3, -0.25) is 4.79 Å². The molecule has 0 radical (unpaired) electrons. The molecule has 0 spiro atoms. The number of benzene rings is 1. The van der Waals surface area contributed by atoms with Crippen LogP contribution in [0.3, 0.4) is 0 Å². The summed E-state index contributed by atoms with van der Waals surface area (Å²) < 4.78 is 13.0. The lowest BCUT2D eigenvalue weighted by atomic mass is 10.1. The topological polar surface area (TPSA) is 40.5 Å². The van der Waals surface area contributed by atoms with E-state index in [0.717, 1.165) is 5.57 Å². The number of carbonyl (C=O) groups is 1. The van der Waals surface area contributed by atoms with E-state index in [4.69, 9.17) is 5.11 Å². The third-order valence-corrected chi connectivity index (χ3v) is 2.79. The first-order valence-corrected chi connectivity index (χ1v) is 5.47. The van der Waals surface area contributed by atoms with Crippen molar-refractivity contribution in [3.63, 3.8) is 0 Å². The number of aliphatic hydroxyl groups excluding tert-OH is 1. The monoisotopic (exact) mass is 235 g/mol. The predicted molar refractivity (Wildman–Crippen MR) is 62.6 cm³/mol. The lowest BCUT2D eigenvalue weighted by Crippen LogP contribution is -2.53. The summed E-state index contributed by atoms with van der Waals surface area (Å²) in [5.41, 5.74) is 1.41. The van der Waals surface area contributed by atoms with E-state index in [0.29, 0.717) is 18.7 Å². The highest BCUT2D eigenvalue weighted by Gasteiger charge is 2.27. The molecular weight excluding hydrogens is 221 g/mol. The van der Waals surface area contributed by atoms with Crippen LogP contribution in [0.25, 0.3) is 5.57 Å². The van der Waals surface area contributed by atoms with E-state index in [1.807, 2.05) is 0 Å². The molecule has 2 rings (SSSR count). The lowest BCUT2D eigenvalue weighted by molar-refractivity contribution is -0.135. The van der Waals surface area contributed by atoms with Gasteiger partial charge >= 0.3 is 0 Å². The van der Waals surface area contributed by atoms with Crippen molar-refractivity contribution in [3.05, 3.63) is 41.7 Å². The molecule has 0 bridgehead atoms. The van der Waals surface area contributed by atoms with Crippen LogP contribution < -0.4 is 0 Å². The average molecular weight is 235 g/mol. The first-order valence-electron chi connectivity index (χ1n) is 5.47. The van der Waals surface area contributed by atoms with Crippen molar-refractivity contribution in [1.29, 1.82) is 0 Å². The van der Waals surface area contributed by atoms with Gasteiger partial charge in [0.05, 0.1) is 6.10 Å². The molecule has 1 aromatic carbocycles. The minimum absolute atomic E-state index is 0.142.